The van der Waals surface area contributed by atoms with E-state index in [2.05, 4.69) is 24.4 Å². The van der Waals surface area contributed by atoms with E-state index in [1.807, 2.05) is 0 Å². The zero-order valence-electron chi connectivity index (χ0n) is 12.9. The number of fused-ring (bicyclic) bond motifs is 1. The molecule has 120 valence electrons. The van der Waals surface area contributed by atoms with Crippen molar-refractivity contribution in [1.29, 1.82) is 0 Å². The Morgan fingerprint density at radius 2 is 2.32 bits per heavy atom. The summed E-state index contributed by atoms with van der Waals surface area (Å²) in [5.74, 6) is 0. The highest BCUT2D eigenvalue weighted by atomic mass is 32.2. The molecule has 0 aromatic heterocycles. The normalized spacial score (nSPS) is 27.8. The van der Waals surface area contributed by atoms with Crippen LogP contribution in [0.2, 0.25) is 0 Å². The van der Waals surface area contributed by atoms with E-state index in [9.17, 15) is 4.79 Å². The Kier molecular flexibility index (Phi) is 5.52. The molecule has 0 saturated carbocycles. The van der Waals surface area contributed by atoms with E-state index < -0.39 is 17.8 Å². The fraction of sp³-hybridized carbons (Fsp3) is 0.600. The summed E-state index contributed by atoms with van der Waals surface area (Å²) in [6.45, 7) is 9.21. The topological polar surface area (TPSA) is 71.4 Å². The van der Waals surface area contributed by atoms with Gasteiger partial charge in [-0.05, 0) is 20.8 Å². The van der Waals surface area contributed by atoms with E-state index in [1.165, 1.54) is 16.7 Å². The lowest BCUT2D eigenvalue weighted by Gasteiger charge is -2.28. The van der Waals surface area contributed by atoms with Crippen LogP contribution in [0.25, 0.3) is 0 Å². The minimum absolute atomic E-state index is 0.158. The zero-order chi connectivity index (χ0) is 16.3. The minimum atomic E-state index is -0.592. The van der Waals surface area contributed by atoms with E-state index >= 15 is 0 Å². The third-order valence-electron chi connectivity index (χ3n) is 2.74. The van der Waals surface area contributed by atoms with Crippen molar-refractivity contribution in [3.8, 4) is 0 Å². The van der Waals surface area contributed by atoms with Crippen molar-refractivity contribution in [3.05, 3.63) is 25.5 Å². The van der Waals surface area contributed by atoms with Crippen LogP contribution in [0.5, 0.6) is 0 Å². The van der Waals surface area contributed by atoms with E-state index in [0.29, 0.717) is 5.17 Å². The van der Waals surface area contributed by atoms with Gasteiger partial charge in [0.05, 0.1) is 18.8 Å². The average Bonchev–Trinajstić information content (AvgIpc) is 2.84. The molecule has 0 aromatic rings. The van der Waals surface area contributed by atoms with Gasteiger partial charge in [-0.2, -0.15) is 0 Å². The summed E-state index contributed by atoms with van der Waals surface area (Å²) in [5.41, 5.74) is -0.908. The zero-order valence-corrected chi connectivity index (χ0v) is 13.7. The van der Waals surface area contributed by atoms with Gasteiger partial charge in [-0.3, -0.25) is 9.89 Å². The first-order chi connectivity index (χ1) is 10.3. The number of hydrogen-bond acceptors (Lipinski definition) is 6. The van der Waals surface area contributed by atoms with Gasteiger partial charge in [0.1, 0.15) is 11.0 Å². The van der Waals surface area contributed by atoms with Crippen molar-refractivity contribution in [2.75, 3.05) is 13.2 Å². The third kappa shape index (κ3) is 4.24. The molecule has 2 heterocycles. The molecule has 1 fully saturated rings. The summed E-state index contributed by atoms with van der Waals surface area (Å²) >= 11 is 1.31. The molecule has 0 unspecified atom stereocenters. The Bertz CT molecular complexity index is 461. The second-order valence-corrected chi connectivity index (χ2v) is 6.88. The third-order valence-corrected chi connectivity index (χ3v) is 3.88. The Hall–Kier alpha value is -1.05. The monoisotopic (exact) mass is 324 g/mol. The van der Waals surface area contributed by atoms with Crippen molar-refractivity contribution in [1.82, 2.24) is 4.90 Å². The number of amides is 1. The SMILES string of the molecule is C=CCN(C(=O)OC(C)(C)C)C1=N[C@@H]2[C][C][C@H](CO)O[C@@H]2S1. The van der Waals surface area contributed by atoms with Crippen molar-refractivity contribution in [2.24, 2.45) is 4.99 Å². The standard InChI is InChI=1S/C15H20N2O4S/c1-5-8-17(14(19)21-15(2,3)4)13-16-11-7-6-10(9-18)20-12(11)22-13/h5,10-12,18H,1,8-9H2,2-4H3/t10-,11-,12-/m1/s1. The van der Waals surface area contributed by atoms with E-state index in [0.717, 1.165) is 0 Å². The van der Waals surface area contributed by atoms with E-state index in [4.69, 9.17) is 14.6 Å². The van der Waals surface area contributed by atoms with Gasteiger partial charge in [-0.25, -0.2) is 4.79 Å². The molecule has 2 aliphatic rings. The smallest absolute Gasteiger partial charge is 0.416 e. The second kappa shape index (κ2) is 7.02. The highest BCUT2D eigenvalue weighted by Crippen LogP contribution is 2.36. The minimum Gasteiger partial charge on any atom is -0.443 e. The number of carbonyl (C=O) groups is 1. The molecule has 0 spiro atoms. The van der Waals surface area contributed by atoms with Crippen LogP contribution in [0.3, 0.4) is 0 Å². The van der Waals surface area contributed by atoms with Gasteiger partial charge in [0, 0.05) is 19.4 Å². The summed E-state index contributed by atoms with van der Waals surface area (Å²) in [4.78, 5) is 18.1. The molecular formula is C15H20N2O4S. The summed E-state index contributed by atoms with van der Waals surface area (Å²) in [6, 6.07) is -0.336. The van der Waals surface area contributed by atoms with Gasteiger partial charge < -0.3 is 14.6 Å². The van der Waals surface area contributed by atoms with Gasteiger partial charge in [-0.15, -0.1) is 6.58 Å². The number of rotatable bonds is 3. The first-order valence-corrected chi connectivity index (χ1v) is 7.85. The van der Waals surface area contributed by atoms with Crippen LogP contribution in [0.15, 0.2) is 17.6 Å². The Morgan fingerprint density at radius 3 is 2.91 bits per heavy atom. The Balaban J connectivity index is 2.07. The first-order valence-electron chi connectivity index (χ1n) is 6.97. The molecular weight excluding hydrogens is 304 g/mol. The van der Waals surface area contributed by atoms with Gasteiger partial charge in [-0.1, -0.05) is 17.8 Å². The predicted molar refractivity (Wildman–Crippen MR) is 84.2 cm³/mol. The molecule has 0 aliphatic carbocycles. The summed E-state index contributed by atoms with van der Waals surface area (Å²) < 4.78 is 11.0. The number of ether oxygens (including phenoxy) is 2. The number of nitrogens with zero attached hydrogens (tertiary/aromatic N) is 2. The lowest BCUT2D eigenvalue weighted by atomic mass is 10.1. The van der Waals surface area contributed by atoms with Crippen molar-refractivity contribution < 1.29 is 19.4 Å². The van der Waals surface area contributed by atoms with Crippen LogP contribution in [0, 0.1) is 12.8 Å². The molecule has 2 rings (SSSR count). The molecule has 7 heteroatoms. The maximum absolute atomic E-state index is 12.3. The molecule has 3 atom stereocenters. The lowest BCUT2D eigenvalue weighted by Crippen LogP contribution is -2.39. The van der Waals surface area contributed by atoms with Crippen LogP contribution in [0.4, 0.5) is 4.79 Å². The van der Waals surface area contributed by atoms with Crippen molar-refractivity contribution >= 4 is 23.0 Å². The fourth-order valence-electron chi connectivity index (χ4n) is 1.85. The molecule has 4 radical (unpaired) electrons. The number of aliphatic hydroxyl groups excluding tert-OH is 1. The summed E-state index contributed by atoms with van der Waals surface area (Å²) in [6.07, 6.45) is 6.37. The molecule has 0 bridgehead atoms. The van der Waals surface area contributed by atoms with Crippen LogP contribution < -0.4 is 0 Å². The van der Waals surface area contributed by atoms with Gasteiger partial charge in [0.15, 0.2) is 5.17 Å². The fourth-order valence-corrected chi connectivity index (χ4v) is 2.96. The maximum atomic E-state index is 12.3. The Labute approximate surface area is 135 Å². The number of hydrogen-bond donors (Lipinski definition) is 1. The molecule has 22 heavy (non-hydrogen) atoms. The first kappa shape index (κ1) is 17.3. The van der Waals surface area contributed by atoms with Crippen LogP contribution in [-0.2, 0) is 9.47 Å². The molecule has 1 saturated heterocycles. The number of aliphatic hydroxyl groups is 1. The number of thioether (sulfide) groups is 1. The Morgan fingerprint density at radius 1 is 1.59 bits per heavy atom. The second-order valence-electron chi connectivity index (χ2n) is 5.82. The molecule has 0 aromatic carbocycles. The van der Waals surface area contributed by atoms with E-state index in [-0.39, 0.29) is 24.6 Å². The molecule has 6 nitrogen and oxygen atoms in total. The van der Waals surface area contributed by atoms with Gasteiger partial charge >= 0.3 is 6.09 Å². The number of amidine groups is 1. The van der Waals surface area contributed by atoms with Crippen molar-refractivity contribution in [3.63, 3.8) is 0 Å². The maximum Gasteiger partial charge on any atom is 0.416 e. The van der Waals surface area contributed by atoms with Crippen molar-refractivity contribution in [2.45, 2.75) is 44.0 Å². The van der Waals surface area contributed by atoms with Gasteiger partial charge in [0.25, 0.3) is 0 Å². The summed E-state index contributed by atoms with van der Waals surface area (Å²) in [5, 5.41) is 9.61. The van der Waals surface area contributed by atoms with Crippen LogP contribution in [0.1, 0.15) is 20.8 Å². The average molecular weight is 324 g/mol. The quantitative estimate of drug-likeness (QED) is 0.801. The lowest BCUT2D eigenvalue weighted by molar-refractivity contribution is 0.00119. The largest absolute Gasteiger partial charge is 0.443 e. The summed E-state index contributed by atoms with van der Waals surface area (Å²) in [7, 11) is 0. The molecule has 1 amide bonds. The number of aliphatic imine (C=N–C) groups is 1. The van der Waals surface area contributed by atoms with E-state index in [1.54, 1.807) is 26.8 Å². The highest BCUT2D eigenvalue weighted by Gasteiger charge is 2.41. The predicted octanol–water partition coefficient (Wildman–Crippen LogP) is 1.76. The molecule has 1 N–H and O–H groups in total. The van der Waals surface area contributed by atoms with Crippen LogP contribution >= 0.6 is 11.8 Å². The van der Waals surface area contributed by atoms with Crippen LogP contribution in [-0.4, -0.2) is 57.6 Å². The number of carbonyl (C=O) groups excluding carboxylic acids is 1. The van der Waals surface area contributed by atoms with Gasteiger partial charge in [0.2, 0.25) is 0 Å². The highest BCUT2D eigenvalue weighted by molar-refractivity contribution is 8.14. The molecule has 2 aliphatic heterocycles.